The molecule has 39 heavy (non-hydrogen) atoms. The van der Waals surface area contributed by atoms with Crippen molar-refractivity contribution in [1.82, 2.24) is 15.9 Å². The predicted molar refractivity (Wildman–Crippen MR) is 140 cm³/mol. The van der Waals surface area contributed by atoms with Crippen molar-refractivity contribution in [3.63, 3.8) is 0 Å². The van der Waals surface area contributed by atoms with Crippen LogP contribution < -0.4 is 10.7 Å². The van der Waals surface area contributed by atoms with E-state index < -0.39 is 16.9 Å². The normalized spacial score (nSPS) is 20.6. The maximum absolute atomic E-state index is 16.4. The zero-order chi connectivity index (χ0) is 27.6. The van der Waals surface area contributed by atoms with Crippen LogP contribution in [0.25, 0.3) is 0 Å². The monoisotopic (exact) mass is 529 g/mol. The molecule has 2 saturated heterocycles. The number of rotatable bonds is 8. The Balaban J connectivity index is 1.50. The Labute approximate surface area is 226 Å². The van der Waals surface area contributed by atoms with E-state index in [9.17, 15) is 19.7 Å². The minimum Gasteiger partial charge on any atom is -0.315 e. The van der Waals surface area contributed by atoms with E-state index in [1.807, 2.05) is 24.3 Å². The van der Waals surface area contributed by atoms with Gasteiger partial charge in [-0.2, -0.15) is 15.7 Å². The van der Waals surface area contributed by atoms with Crippen LogP contribution in [0, 0.1) is 33.9 Å². The Morgan fingerprint density at radius 1 is 1.13 bits per heavy atom. The molecule has 5 rings (SSSR count). The van der Waals surface area contributed by atoms with Crippen LogP contribution in [0.15, 0.2) is 65.9 Å². The quantitative estimate of drug-likeness (QED) is 0.530. The highest BCUT2D eigenvalue weighted by molar-refractivity contribution is 5.98. The summed E-state index contributed by atoms with van der Waals surface area (Å²) in [6.45, 7) is 3.65. The molecule has 3 aliphatic rings. The Hall–Kier alpha value is -3.89. The Kier molecular flexibility index (Phi) is 7.33. The molecule has 7 nitrogen and oxygen atoms in total. The third kappa shape index (κ3) is 5.62. The smallest absolute Gasteiger partial charge is 0.186 e. The molecule has 0 amide bonds. The summed E-state index contributed by atoms with van der Waals surface area (Å²) in [6, 6.07) is 15.2. The summed E-state index contributed by atoms with van der Waals surface area (Å²) < 4.78 is 30.4. The van der Waals surface area contributed by atoms with E-state index in [-0.39, 0.29) is 36.5 Å². The first-order valence-corrected chi connectivity index (χ1v) is 12.9. The molecule has 0 saturated carbocycles. The number of nitriles is 2. The van der Waals surface area contributed by atoms with Crippen LogP contribution in [0.1, 0.15) is 47.9 Å². The van der Waals surface area contributed by atoms with Crippen molar-refractivity contribution in [2.45, 2.75) is 37.8 Å². The summed E-state index contributed by atoms with van der Waals surface area (Å²) in [5.74, 6) is -0.965. The van der Waals surface area contributed by atoms with E-state index in [0.717, 1.165) is 17.2 Å². The third-order valence-corrected chi connectivity index (χ3v) is 7.59. The molecular formula is C30H29F2N5O2. The van der Waals surface area contributed by atoms with Crippen molar-refractivity contribution >= 4 is 5.78 Å². The molecule has 2 fully saturated rings. The van der Waals surface area contributed by atoms with Crippen molar-refractivity contribution in [1.29, 1.82) is 10.5 Å². The number of halogens is 2. The molecule has 0 radical (unpaired) electrons. The molecule has 2 aliphatic heterocycles. The molecule has 2 atom stereocenters. The standard InChI is InChI=1S/C30H29F2N5O2/c1-29(32,14-21-10-22(16-34)12-25(31)11-21)17-30(18-35-19-30)28(23-4-2-20(15-33)3-5-23)24-6-7-26(27(38)13-24)37-36-8-9-39-37/h2-7,10-12,28,35-36H,8-9,13-14,17-19H2,1H3/t28-,29+/m1/s1. The predicted octanol–water partition coefficient (Wildman–Crippen LogP) is 4.14. The maximum atomic E-state index is 16.4. The lowest BCUT2D eigenvalue weighted by atomic mass is 9.59. The van der Waals surface area contributed by atoms with Gasteiger partial charge in [-0.15, -0.1) is 0 Å². The zero-order valence-corrected chi connectivity index (χ0v) is 21.6. The van der Waals surface area contributed by atoms with Gasteiger partial charge >= 0.3 is 0 Å². The number of hydrogen-bond donors (Lipinski definition) is 2. The lowest BCUT2D eigenvalue weighted by Crippen LogP contribution is -2.59. The van der Waals surface area contributed by atoms with Crippen molar-refractivity contribution in [2.24, 2.45) is 5.41 Å². The third-order valence-electron chi connectivity index (χ3n) is 7.59. The summed E-state index contributed by atoms with van der Waals surface area (Å²) in [5.41, 5.74) is 4.01. The number of carbonyl (C=O) groups excluding carboxylic acids is 1. The van der Waals surface area contributed by atoms with E-state index in [0.29, 0.717) is 43.1 Å². The number of hydrazine groups is 1. The number of nitrogens with one attached hydrogen (secondary N) is 2. The fourth-order valence-electron chi connectivity index (χ4n) is 6.11. The van der Waals surface area contributed by atoms with Gasteiger partial charge in [0.05, 0.1) is 29.9 Å². The summed E-state index contributed by atoms with van der Waals surface area (Å²) >= 11 is 0. The van der Waals surface area contributed by atoms with Gasteiger partial charge < -0.3 is 5.32 Å². The van der Waals surface area contributed by atoms with Crippen LogP contribution >= 0.6 is 0 Å². The van der Waals surface area contributed by atoms with E-state index >= 15 is 4.39 Å². The van der Waals surface area contributed by atoms with Gasteiger partial charge in [0.2, 0.25) is 0 Å². The second-order valence-electron chi connectivity index (χ2n) is 10.8. The molecule has 2 aromatic rings. The molecule has 2 N–H and O–H groups in total. The molecule has 2 aromatic carbocycles. The van der Waals surface area contributed by atoms with Gasteiger partial charge in [-0.05, 0) is 60.9 Å². The molecule has 1 aliphatic carbocycles. The number of Topliss-reactive ketones (excluding diaryl/α,β-unsaturated/α-hetero) is 1. The molecule has 2 heterocycles. The lowest BCUT2D eigenvalue weighted by Gasteiger charge is -2.52. The minimum atomic E-state index is -1.72. The highest BCUT2D eigenvalue weighted by Gasteiger charge is 2.51. The van der Waals surface area contributed by atoms with Crippen molar-refractivity contribution < 1.29 is 18.4 Å². The summed E-state index contributed by atoms with van der Waals surface area (Å²) in [4.78, 5) is 18.7. The molecule has 0 unspecified atom stereocenters. The molecule has 0 bridgehead atoms. The first-order chi connectivity index (χ1) is 18.7. The second kappa shape index (κ2) is 10.7. The zero-order valence-electron chi connectivity index (χ0n) is 21.6. The summed E-state index contributed by atoms with van der Waals surface area (Å²) in [7, 11) is 0. The SMILES string of the molecule is C[C@](F)(Cc1cc(F)cc(C#N)c1)CC1([C@@H](C2=CC=C(N3NCCO3)C(=O)C2)c2ccc(C#N)cc2)CNC1. The first kappa shape index (κ1) is 26.7. The Morgan fingerprint density at radius 2 is 1.87 bits per heavy atom. The van der Waals surface area contributed by atoms with Crippen LogP contribution in [-0.4, -0.2) is 42.9 Å². The van der Waals surface area contributed by atoms with Gasteiger partial charge in [0.15, 0.2) is 5.78 Å². The fourth-order valence-corrected chi connectivity index (χ4v) is 6.11. The van der Waals surface area contributed by atoms with Gasteiger partial charge in [0.1, 0.15) is 17.2 Å². The number of hydroxylamine groups is 1. The fraction of sp³-hybridized carbons (Fsp3) is 0.367. The van der Waals surface area contributed by atoms with Crippen LogP contribution in [-0.2, 0) is 16.1 Å². The van der Waals surface area contributed by atoms with Crippen LogP contribution in [0.2, 0.25) is 0 Å². The summed E-state index contributed by atoms with van der Waals surface area (Å²) in [5, 5.41) is 23.2. The van der Waals surface area contributed by atoms with Gasteiger partial charge in [-0.3, -0.25) is 9.63 Å². The average molecular weight is 530 g/mol. The second-order valence-corrected chi connectivity index (χ2v) is 10.8. The molecule has 9 heteroatoms. The van der Waals surface area contributed by atoms with Gasteiger partial charge in [-0.25, -0.2) is 14.2 Å². The number of nitrogens with zero attached hydrogens (tertiary/aromatic N) is 3. The van der Waals surface area contributed by atoms with Crippen molar-refractivity contribution in [2.75, 3.05) is 26.2 Å². The van der Waals surface area contributed by atoms with Gasteiger partial charge in [0, 0.05) is 43.8 Å². The van der Waals surface area contributed by atoms with E-state index in [4.69, 9.17) is 4.84 Å². The van der Waals surface area contributed by atoms with E-state index in [1.165, 1.54) is 24.2 Å². The number of allylic oxidation sites excluding steroid dienone is 4. The Morgan fingerprint density at radius 3 is 2.46 bits per heavy atom. The minimum absolute atomic E-state index is 0.0543. The van der Waals surface area contributed by atoms with E-state index in [2.05, 4.69) is 16.8 Å². The highest BCUT2D eigenvalue weighted by Crippen LogP contribution is 2.51. The lowest BCUT2D eigenvalue weighted by molar-refractivity contribution is -0.135. The van der Waals surface area contributed by atoms with Crippen LogP contribution in [0.4, 0.5) is 8.78 Å². The summed E-state index contributed by atoms with van der Waals surface area (Å²) in [6.07, 6.45) is 3.90. The van der Waals surface area contributed by atoms with Crippen LogP contribution in [0.5, 0.6) is 0 Å². The van der Waals surface area contributed by atoms with Gasteiger partial charge in [-0.1, -0.05) is 23.8 Å². The van der Waals surface area contributed by atoms with Crippen molar-refractivity contribution in [3.8, 4) is 12.1 Å². The first-order valence-electron chi connectivity index (χ1n) is 12.9. The largest absolute Gasteiger partial charge is 0.315 e. The van der Waals surface area contributed by atoms with Crippen LogP contribution in [0.3, 0.4) is 0 Å². The average Bonchev–Trinajstić information content (AvgIpc) is 3.41. The number of hydrogen-bond acceptors (Lipinski definition) is 7. The molecule has 200 valence electrons. The van der Waals surface area contributed by atoms with Crippen molar-refractivity contribution in [3.05, 3.63) is 94.0 Å². The van der Waals surface area contributed by atoms with Gasteiger partial charge in [0.25, 0.3) is 0 Å². The van der Waals surface area contributed by atoms with E-state index in [1.54, 1.807) is 18.2 Å². The number of carbonyl (C=O) groups is 1. The molecular weight excluding hydrogens is 500 g/mol. The topological polar surface area (TPSA) is 101 Å². The molecule has 0 aromatic heterocycles. The molecule has 0 spiro atoms. The number of alkyl halides is 1. The maximum Gasteiger partial charge on any atom is 0.186 e. The number of ketones is 1. The Bertz CT molecular complexity index is 1410. The number of benzene rings is 2. The highest BCUT2D eigenvalue weighted by atomic mass is 19.1.